The van der Waals surface area contributed by atoms with Crippen molar-refractivity contribution in [1.82, 2.24) is 10.2 Å². The molecule has 0 fully saturated rings. The number of hydrogen-bond acceptors (Lipinski definition) is 2. The number of nitrogens with one attached hydrogen (secondary N) is 1. The Labute approximate surface area is 106 Å². The fourth-order valence-electron chi connectivity index (χ4n) is 2.31. The van der Waals surface area contributed by atoms with Crippen LogP contribution in [0.25, 0.3) is 11.1 Å². The highest BCUT2D eigenvalue weighted by Gasteiger charge is 2.19. The summed E-state index contributed by atoms with van der Waals surface area (Å²) in [5, 5.41) is 7.07. The molecule has 0 aliphatic carbocycles. The van der Waals surface area contributed by atoms with Gasteiger partial charge in [-0.3, -0.25) is 5.10 Å². The summed E-state index contributed by atoms with van der Waals surface area (Å²) in [4.78, 5) is 0. The second kappa shape index (κ2) is 5.21. The first-order valence-electron chi connectivity index (χ1n) is 6.27. The number of anilines is 1. The molecule has 3 N–H and O–H groups in total. The van der Waals surface area contributed by atoms with Gasteiger partial charge in [0.05, 0.1) is 0 Å². The van der Waals surface area contributed by atoms with Crippen molar-refractivity contribution in [3.05, 3.63) is 35.8 Å². The first-order chi connectivity index (χ1) is 8.67. The molecule has 1 aromatic carbocycles. The molecular formula is C14H18FN3. The van der Waals surface area contributed by atoms with E-state index in [1.807, 2.05) is 6.07 Å². The van der Waals surface area contributed by atoms with Crippen LogP contribution in [0.4, 0.5) is 10.2 Å². The van der Waals surface area contributed by atoms with E-state index in [4.69, 9.17) is 5.73 Å². The zero-order valence-corrected chi connectivity index (χ0v) is 10.7. The van der Waals surface area contributed by atoms with Crippen LogP contribution in [0.1, 0.15) is 38.3 Å². The number of aromatic amines is 1. The van der Waals surface area contributed by atoms with Gasteiger partial charge in [-0.25, -0.2) is 4.39 Å². The average Bonchev–Trinajstić information content (AvgIpc) is 2.73. The average molecular weight is 247 g/mol. The van der Waals surface area contributed by atoms with E-state index in [1.165, 1.54) is 12.1 Å². The Kier molecular flexibility index (Phi) is 3.65. The zero-order valence-electron chi connectivity index (χ0n) is 10.7. The van der Waals surface area contributed by atoms with Crippen molar-refractivity contribution >= 4 is 5.82 Å². The van der Waals surface area contributed by atoms with Gasteiger partial charge in [0.25, 0.3) is 0 Å². The van der Waals surface area contributed by atoms with Gasteiger partial charge in [0.2, 0.25) is 0 Å². The summed E-state index contributed by atoms with van der Waals surface area (Å²) in [6.45, 7) is 4.25. The minimum Gasteiger partial charge on any atom is -0.382 e. The van der Waals surface area contributed by atoms with Crippen molar-refractivity contribution in [3.63, 3.8) is 0 Å². The zero-order chi connectivity index (χ0) is 13.1. The Morgan fingerprint density at radius 3 is 2.67 bits per heavy atom. The minimum absolute atomic E-state index is 0.261. The fourth-order valence-corrected chi connectivity index (χ4v) is 2.31. The Morgan fingerprint density at radius 1 is 1.33 bits per heavy atom. The summed E-state index contributed by atoms with van der Waals surface area (Å²) < 4.78 is 13.3. The number of halogens is 1. The van der Waals surface area contributed by atoms with E-state index in [0.717, 1.165) is 29.7 Å². The molecule has 18 heavy (non-hydrogen) atoms. The van der Waals surface area contributed by atoms with Gasteiger partial charge in [-0.1, -0.05) is 26.0 Å². The van der Waals surface area contributed by atoms with Gasteiger partial charge in [0.15, 0.2) is 5.82 Å². The normalized spacial score (nSPS) is 11.1. The predicted molar refractivity (Wildman–Crippen MR) is 71.7 cm³/mol. The molecule has 0 radical (unpaired) electrons. The van der Waals surface area contributed by atoms with E-state index in [1.54, 1.807) is 6.07 Å². The topological polar surface area (TPSA) is 54.7 Å². The first kappa shape index (κ1) is 12.6. The van der Waals surface area contributed by atoms with Gasteiger partial charge in [-0.15, -0.1) is 0 Å². The monoisotopic (exact) mass is 247 g/mol. The summed E-state index contributed by atoms with van der Waals surface area (Å²) in [6.07, 6.45) is 2.00. The number of nitrogen functional groups attached to an aromatic ring is 1. The Morgan fingerprint density at radius 2 is 2.06 bits per heavy atom. The van der Waals surface area contributed by atoms with Crippen molar-refractivity contribution < 1.29 is 4.39 Å². The molecule has 0 aliphatic heterocycles. The van der Waals surface area contributed by atoms with Crippen LogP contribution in [0, 0.1) is 5.82 Å². The lowest BCUT2D eigenvalue weighted by Gasteiger charge is -2.13. The molecule has 1 aromatic heterocycles. The van der Waals surface area contributed by atoms with Crippen molar-refractivity contribution in [2.75, 3.05) is 5.73 Å². The third kappa shape index (κ3) is 2.23. The van der Waals surface area contributed by atoms with Crippen LogP contribution in [0.15, 0.2) is 24.3 Å². The highest BCUT2D eigenvalue weighted by molar-refractivity contribution is 5.76. The molecule has 1 heterocycles. The summed E-state index contributed by atoms with van der Waals surface area (Å²) in [5.41, 5.74) is 8.53. The lowest BCUT2D eigenvalue weighted by molar-refractivity contribution is 0.621. The quantitative estimate of drug-likeness (QED) is 0.865. The van der Waals surface area contributed by atoms with E-state index in [0.29, 0.717) is 11.7 Å². The van der Waals surface area contributed by atoms with Crippen LogP contribution in [0.5, 0.6) is 0 Å². The van der Waals surface area contributed by atoms with E-state index >= 15 is 0 Å². The van der Waals surface area contributed by atoms with Gasteiger partial charge < -0.3 is 5.73 Å². The second-order valence-electron chi connectivity index (χ2n) is 4.42. The predicted octanol–water partition coefficient (Wildman–Crippen LogP) is 3.70. The van der Waals surface area contributed by atoms with Gasteiger partial charge >= 0.3 is 0 Å². The van der Waals surface area contributed by atoms with Crippen LogP contribution in [-0.2, 0) is 0 Å². The number of nitrogens with two attached hydrogens (primary N) is 1. The third-order valence-corrected chi connectivity index (χ3v) is 3.33. The standard InChI is InChI=1S/C14H18FN3/c1-3-9(4-2)13-12(14(16)18-17-13)10-6-5-7-11(15)8-10/h5-9H,3-4H2,1-2H3,(H3,16,17,18). The highest BCUT2D eigenvalue weighted by Crippen LogP contribution is 2.35. The maximum atomic E-state index is 13.3. The lowest BCUT2D eigenvalue weighted by atomic mass is 9.93. The van der Waals surface area contributed by atoms with Crippen LogP contribution >= 0.6 is 0 Å². The van der Waals surface area contributed by atoms with Crippen LogP contribution in [0.2, 0.25) is 0 Å². The number of nitrogens with zero attached hydrogens (tertiary/aromatic N) is 1. The molecule has 0 amide bonds. The van der Waals surface area contributed by atoms with E-state index in [-0.39, 0.29) is 5.82 Å². The molecule has 96 valence electrons. The summed E-state index contributed by atoms with van der Waals surface area (Å²) in [6, 6.07) is 6.47. The van der Waals surface area contributed by atoms with Gasteiger partial charge in [0.1, 0.15) is 5.82 Å². The van der Waals surface area contributed by atoms with E-state index in [9.17, 15) is 4.39 Å². The SMILES string of the molecule is CCC(CC)c1[nH]nc(N)c1-c1cccc(F)c1. The maximum absolute atomic E-state index is 13.3. The Bertz CT molecular complexity index is 530. The molecule has 4 heteroatoms. The van der Waals surface area contributed by atoms with Crippen LogP contribution in [-0.4, -0.2) is 10.2 Å². The highest BCUT2D eigenvalue weighted by atomic mass is 19.1. The van der Waals surface area contributed by atoms with Crippen molar-refractivity contribution in [3.8, 4) is 11.1 Å². The van der Waals surface area contributed by atoms with E-state index < -0.39 is 0 Å². The molecule has 0 saturated carbocycles. The molecule has 0 atom stereocenters. The molecule has 0 saturated heterocycles. The summed E-state index contributed by atoms with van der Waals surface area (Å²) in [5.74, 6) is 0.541. The summed E-state index contributed by atoms with van der Waals surface area (Å²) in [7, 11) is 0. The minimum atomic E-state index is -0.261. The molecule has 0 spiro atoms. The molecule has 0 bridgehead atoms. The van der Waals surface area contributed by atoms with Gasteiger partial charge in [0, 0.05) is 17.2 Å². The van der Waals surface area contributed by atoms with Gasteiger partial charge in [-0.05, 0) is 30.5 Å². The smallest absolute Gasteiger partial charge is 0.153 e. The Hall–Kier alpha value is -1.84. The largest absolute Gasteiger partial charge is 0.382 e. The summed E-state index contributed by atoms with van der Waals surface area (Å²) >= 11 is 0. The number of H-pyrrole nitrogens is 1. The van der Waals surface area contributed by atoms with E-state index in [2.05, 4.69) is 24.0 Å². The van der Waals surface area contributed by atoms with Crippen molar-refractivity contribution in [2.24, 2.45) is 0 Å². The third-order valence-electron chi connectivity index (χ3n) is 3.33. The van der Waals surface area contributed by atoms with Gasteiger partial charge in [-0.2, -0.15) is 5.10 Å². The molecule has 3 nitrogen and oxygen atoms in total. The molecule has 0 aliphatic rings. The lowest BCUT2D eigenvalue weighted by Crippen LogP contribution is -1.99. The van der Waals surface area contributed by atoms with Crippen molar-refractivity contribution in [2.45, 2.75) is 32.6 Å². The second-order valence-corrected chi connectivity index (χ2v) is 4.42. The van der Waals surface area contributed by atoms with Crippen molar-refractivity contribution in [1.29, 1.82) is 0 Å². The molecule has 2 aromatic rings. The number of rotatable bonds is 4. The van der Waals surface area contributed by atoms with Crippen LogP contribution in [0.3, 0.4) is 0 Å². The fraction of sp³-hybridized carbons (Fsp3) is 0.357. The number of hydrogen-bond donors (Lipinski definition) is 2. The molecule has 2 rings (SSSR count). The molecule has 0 unspecified atom stereocenters. The maximum Gasteiger partial charge on any atom is 0.153 e. The number of benzene rings is 1. The first-order valence-corrected chi connectivity index (χ1v) is 6.27. The number of aromatic nitrogens is 2. The molecular weight excluding hydrogens is 229 g/mol. The van der Waals surface area contributed by atoms with Crippen LogP contribution < -0.4 is 5.73 Å². The Balaban J connectivity index is 2.53.